The monoisotopic (exact) mass is 633 g/mol. The van der Waals surface area contributed by atoms with E-state index in [1.54, 1.807) is 0 Å². The van der Waals surface area contributed by atoms with Crippen molar-refractivity contribution in [3.8, 4) is 11.1 Å². The zero-order valence-electron chi connectivity index (χ0n) is 27.6. The molecule has 0 radical (unpaired) electrons. The lowest BCUT2D eigenvalue weighted by atomic mass is 10.1. The fraction of sp³-hybridized carbons (Fsp3) is 0.514. The highest BCUT2D eigenvalue weighted by atomic mass is 32.3. The smallest absolute Gasteiger partial charge is 0.234 e. The van der Waals surface area contributed by atoms with Crippen molar-refractivity contribution in [3.63, 3.8) is 0 Å². The predicted molar refractivity (Wildman–Crippen MR) is 188 cm³/mol. The van der Waals surface area contributed by atoms with E-state index >= 15 is 0 Å². The summed E-state index contributed by atoms with van der Waals surface area (Å²) in [5, 5.41) is 9.94. The first-order valence-corrected chi connectivity index (χ1v) is 18.6. The van der Waals surface area contributed by atoms with Crippen LogP contribution in [0.25, 0.3) is 11.1 Å². The predicted octanol–water partition coefficient (Wildman–Crippen LogP) is 5.56. The molecule has 9 nitrogen and oxygen atoms in total. The Balaban J connectivity index is 1.15. The number of carbonyl (C=O) groups excluding carboxylic acids is 1. The number of amides is 1. The van der Waals surface area contributed by atoms with Crippen molar-refractivity contribution < 1.29 is 8.98 Å². The number of hydrogen-bond donors (Lipinski definition) is 3. The van der Waals surface area contributed by atoms with Crippen LogP contribution in [-0.4, -0.2) is 89.9 Å². The van der Waals surface area contributed by atoms with Crippen LogP contribution in [0.3, 0.4) is 0 Å². The Bertz CT molecular complexity index is 1400. The largest absolute Gasteiger partial charge is 0.355 e. The first kappa shape index (κ1) is 33.2. The molecule has 2 aliphatic heterocycles. The summed E-state index contributed by atoms with van der Waals surface area (Å²) in [5.41, 5.74) is 4.23. The van der Waals surface area contributed by atoms with Gasteiger partial charge in [0.05, 0.1) is 13.2 Å². The summed E-state index contributed by atoms with van der Waals surface area (Å²) in [6.07, 6.45) is 11.4. The Morgan fingerprint density at radius 1 is 1.04 bits per heavy atom. The summed E-state index contributed by atoms with van der Waals surface area (Å²) < 4.78 is 6.50. The van der Waals surface area contributed by atoms with E-state index in [0.717, 1.165) is 86.0 Å². The molecule has 244 valence electrons. The molecule has 0 aliphatic carbocycles. The van der Waals surface area contributed by atoms with Crippen LogP contribution in [0.4, 0.5) is 17.3 Å². The number of pyridine rings is 2. The molecule has 3 N–H and O–H groups in total. The molecule has 45 heavy (non-hydrogen) atoms. The number of piperazine rings is 1. The third kappa shape index (κ3) is 9.19. The average molecular weight is 634 g/mol. The van der Waals surface area contributed by atoms with Gasteiger partial charge in [-0.1, -0.05) is 32.9 Å². The van der Waals surface area contributed by atoms with E-state index < -0.39 is 10.3 Å². The van der Waals surface area contributed by atoms with Crippen molar-refractivity contribution in [1.82, 2.24) is 25.5 Å². The number of benzene rings is 1. The summed E-state index contributed by atoms with van der Waals surface area (Å²) in [7, 11) is -1.19. The lowest BCUT2D eigenvalue weighted by molar-refractivity contribution is -0.122. The second kappa shape index (κ2) is 14.9. The summed E-state index contributed by atoms with van der Waals surface area (Å²) >= 11 is 0. The molecule has 10 heteroatoms. The second-order valence-corrected chi connectivity index (χ2v) is 17.3. The third-order valence-corrected chi connectivity index (χ3v) is 12.7. The van der Waals surface area contributed by atoms with Crippen LogP contribution in [-0.2, 0) is 15.6 Å². The maximum absolute atomic E-state index is 12.4. The minimum atomic E-state index is -1.19. The standard InChI is InChI=1S/C35H51N7O2S/c1-35(2,3)45(4,5)44-26-27-8-6-9-30(22-27)40-32-23-28(13-15-37-32)29-11-12-33(39-24-29)42-19-7-10-31(42)14-16-38-34(43)25-41-20-17-36-18-21-41/h6,8-9,11-13,15,22-24,31,36H,7,10,14,16-21,25-26H2,1-5H3,(H,37,40)(H,38,43). The van der Waals surface area contributed by atoms with Crippen LogP contribution < -0.4 is 20.9 Å². The van der Waals surface area contributed by atoms with E-state index in [9.17, 15) is 4.79 Å². The number of nitrogens with zero attached hydrogens (tertiary/aromatic N) is 4. The van der Waals surface area contributed by atoms with Gasteiger partial charge in [-0.2, -0.15) is 0 Å². The van der Waals surface area contributed by atoms with Crippen molar-refractivity contribution in [2.45, 2.75) is 57.4 Å². The molecular formula is C35H51N7O2S. The lowest BCUT2D eigenvalue weighted by Gasteiger charge is -2.43. The van der Waals surface area contributed by atoms with E-state index in [4.69, 9.17) is 9.17 Å². The van der Waals surface area contributed by atoms with E-state index in [2.05, 4.69) is 106 Å². The molecule has 2 fully saturated rings. The topological polar surface area (TPSA) is 94.7 Å². The highest BCUT2D eigenvalue weighted by molar-refractivity contribution is 8.29. The van der Waals surface area contributed by atoms with E-state index in [0.29, 0.717) is 25.7 Å². The van der Waals surface area contributed by atoms with Crippen LogP contribution in [0.5, 0.6) is 0 Å². The zero-order chi connectivity index (χ0) is 31.9. The van der Waals surface area contributed by atoms with Gasteiger partial charge in [0.2, 0.25) is 5.91 Å². The Labute approximate surface area is 271 Å². The first-order chi connectivity index (χ1) is 21.6. The van der Waals surface area contributed by atoms with Crippen molar-refractivity contribution in [2.24, 2.45) is 0 Å². The molecule has 1 aromatic carbocycles. The average Bonchev–Trinajstić information content (AvgIpc) is 3.49. The molecule has 0 saturated carbocycles. The fourth-order valence-electron chi connectivity index (χ4n) is 5.63. The minimum absolute atomic E-state index is 0.123. The number of rotatable bonds is 12. The van der Waals surface area contributed by atoms with E-state index in [1.165, 1.54) is 0 Å². The van der Waals surface area contributed by atoms with Crippen LogP contribution in [0, 0.1) is 0 Å². The van der Waals surface area contributed by atoms with Crippen molar-refractivity contribution in [3.05, 3.63) is 66.5 Å². The molecule has 1 unspecified atom stereocenters. The Morgan fingerprint density at radius 3 is 2.62 bits per heavy atom. The van der Waals surface area contributed by atoms with Gasteiger partial charge in [0.15, 0.2) is 0 Å². The van der Waals surface area contributed by atoms with Crippen LogP contribution in [0.15, 0.2) is 60.9 Å². The second-order valence-electron chi connectivity index (χ2n) is 13.4. The first-order valence-electron chi connectivity index (χ1n) is 16.2. The highest BCUT2D eigenvalue weighted by Crippen LogP contribution is 2.54. The number of anilines is 3. The van der Waals surface area contributed by atoms with Gasteiger partial charge in [0, 0.05) is 73.7 Å². The quantitative estimate of drug-likeness (QED) is 0.239. The van der Waals surface area contributed by atoms with Gasteiger partial charge in [-0.25, -0.2) is 9.97 Å². The Morgan fingerprint density at radius 2 is 1.87 bits per heavy atom. The maximum Gasteiger partial charge on any atom is 0.234 e. The van der Waals surface area contributed by atoms with Crippen molar-refractivity contribution in [1.29, 1.82) is 0 Å². The van der Waals surface area contributed by atoms with Crippen LogP contribution in [0.2, 0.25) is 0 Å². The van der Waals surface area contributed by atoms with Gasteiger partial charge < -0.3 is 25.0 Å². The number of nitrogens with one attached hydrogen (secondary N) is 3. The molecule has 3 aromatic rings. The van der Waals surface area contributed by atoms with Crippen LogP contribution in [0.1, 0.15) is 45.6 Å². The SMILES string of the molecule is CC(C)(C)S(C)(C)OCc1cccc(Nc2cc(-c3ccc(N4CCCC4CCNC(=O)CN4CCNCC4)nc3)ccn2)c1. The van der Waals surface area contributed by atoms with Gasteiger partial charge >= 0.3 is 0 Å². The lowest BCUT2D eigenvalue weighted by Crippen LogP contribution is -2.47. The number of aromatic nitrogens is 2. The summed E-state index contributed by atoms with van der Waals surface area (Å²) in [5.74, 6) is 1.91. The van der Waals surface area contributed by atoms with E-state index in [-0.39, 0.29) is 10.7 Å². The highest BCUT2D eigenvalue weighted by Gasteiger charge is 2.29. The normalized spacial score (nSPS) is 18.2. The molecule has 4 heterocycles. The number of carbonyl (C=O) groups is 1. The Hall–Kier alpha value is -3.18. The number of hydrogen-bond acceptors (Lipinski definition) is 8. The summed E-state index contributed by atoms with van der Waals surface area (Å²) in [6, 6.07) is 17.1. The Kier molecular flexibility index (Phi) is 11.0. The maximum atomic E-state index is 12.4. The molecule has 0 spiro atoms. The molecule has 1 amide bonds. The van der Waals surface area contributed by atoms with Gasteiger partial charge in [-0.05, 0) is 79.3 Å². The molecule has 2 aromatic heterocycles. The summed E-state index contributed by atoms with van der Waals surface area (Å²) in [6.45, 7) is 13.3. The molecular weight excluding hydrogens is 582 g/mol. The van der Waals surface area contributed by atoms with E-state index in [1.807, 2.05) is 18.5 Å². The molecule has 1 atom stereocenters. The molecule has 2 saturated heterocycles. The molecule has 0 bridgehead atoms. The van der Waals surface area contributed by atoms with Crippen LogP contribution >= 0.6 is 10.3 Å². The van der Waals surface area contributed by atoms with Gasteiger partial charge in [-0.15, -0.1) is 10.3 Å². The van der Waals surface area contributed by atoms with Gasteiger partial charge in [0.1, 0.15) is 11.6 Å². The van der Waals surface area contributed by atoms with Gasteiger partial charge in [0.25, 0.3) is 0 Å². The molecule has 5 rings (SSSR count). The minimum Gasteiger partial charge on any atom is -0.355 e. The molecule has 2 aliphatic rings. The van der Waals surface area contributed by atoms with Crippen molar-refractivity contribution >= 4 is 33.5 Å². The van der Waals surface area contributed by atoms with Crippen molar-refractivity contribution in [2.75, 3.05) is 68.5 Å². The fourth-order valence-corrected chi connectivity index (χ4v) is 6.41. The zero-order valence-corrected chi connectivity index (χ0v) is 28.5. The third-order valence-electron chi connectivity index (χ3n) is 9.08. The summed E-state index contributed by atoms with van der Waals surface area (Å²) in [4.78, 5) is 26.5. The van der Waals surface area contributed by atoms with Gasteiger partial charge in [-0.3, -0.25) is 9.69 Å².